The van der Waals surface area contributed by atoms with Gasteiger partial charge in [0.05, 0.1) is 0 Å². The van der Waals surface area contributed by atoms with E-state index in [0.29, 0.717) is 0 Å². The second-order valence-electron chi connectivity index (χ2n) is 4.36. The minimum absolute atomic E-state index is 1.11. The van der Waals surface area contributed by atoms with E-state index in [0.717, 1.165) is 13.1 Å². The molecule has 1 aromatic carbocycles. The fraction of sp³-hybridized carbons (Fsp3) is 0.571. The standard InChI is InChI=1S/C14H24N2/c1-5-10-15(3)13-8-7-9-14(12-13)16(4)11-6-2/h7-9,12H,5-6,10-11H2,1-4H3. The van der Waals surface area contributed by atoms with Gasteiger partial charge in [0.2, 0.25) is 0 Å². The molecule has 0 unspecified atom stereocenters. The van der Waals surface area contributed by atoms with Crippen LogP contribution in [0.1, 0.15) is 26.7 Å². The highest BCUT2D eigenvalue weighted by molar-refractivity contribution is 5.58. The first-order valence-corrected chi connectivity index (χ1v) is 6.21. The molecule has 0 heterocycles. The van der Waals surface area contributed by atoms with Crippen molar-refractivity contribution in [2.75, 3.05) is 37.0 Å². The highest BCUT2D eigenvalue weighted by Gasteiger charge is 2.03. The molecular weight excluding hydrogens is 196 g/mol. The molecule has 90 valence electrons. The molecule has 0 atom stereocenters. The van der Waals surface area contributed by atoms with Gasteiger partial charge in [-0.2, -0.15) is 0 Å². The summed E-state index contributed by atoms with van der Waals surface area (Å²) in [5.41, 5.74) is 2.62. The molecular formula is C14H24N2. The Balaban J connectivity index is 2.77. The van der Waals surface area contributed by atoms with Crippen LogP contribution in [0.2, 0.25) is 0 Å². The van der Waals surface area contributed by atoms with Crippen LogP contribution in [0.4, 0.5) is 11.4 Å². The lowest BCUT2D eigenvalue weighted by Crippen LogP contribution is -2.20. The van der Waals surface area contributed by atoms with Crippen LogP contribution in [-0.4, -0.2) is 27.2 Å². The highest BCUT2D eigenvalue weighted by atomic mass is 15.1. The van der Waals surface area contributed by atoms with Crippen molar-refractivity contribution in [1.82, 2.24) is 0 Å². The van der Waals surface area contributed by atoms with Crippen molar-refractivity contribution in [2.45, 2.75) is 26.7 Å². The van der Waals surface area contributed by atoms with E-state index in [9.17, 15) is 0 Å². The van der Waals surface area contributed by atoms with Crippen LogP contribution in [0.25, 0.3) is 0 Å². The first-order chi connectivity index (χ1) is 7.69. The third kappa shape index (κ3) is 3.44. The van der Waals surface area contributed by atoms with Crippen LogP contribution < -0.4 is 9.80 Å². The maximum Gasteiger partial charge on any atom is 0.0384 e. The van der Waals surface area contributed by atoms with E-state index in [2.05, 4.69) is 62.0 Å². The van der Waals surface area contributed by atoms with E-state index in [1.165, 1.54) is 24.2 Å². The maximum atomic E-state index is 2.31. The smallest absolute Gasteiger partial charge is 0.0384 e. The van der Waals surface area contributed by atoms with Gasteiger partial charge in [-0.25, -0.2) is 0 Å². The molecule has 0 fully saturated rings. The summed E-state index contributed by atoms with van der Waals surface area (Å²) in [6.07, 6.45) is 2.37. The Labute approximate surface area is 99.9 Å². The van der Waals surface area contributed by atoms with E-state index in [1.54, 1.807) is 0 Å². The van der Waals surface area contributed by atoms with E-state index in [-0.39, 0.29) is 0 Å². The SMILES string of the molecule is CCCN(C)c1cccc(N(C)CCC)c1. The lowest BCUT2D eigenvalue weighted by atomic mass is 10.2. The average molecular weight is 220 g/mol. The Bertz CT molecular complexity index is 282. The summed E-state index contributed by atoms with van der Waals surface area (Å²) in [6, 6.07) is 8.77. The molecule has 0 saturated heterocycles. The molecule has 1 rings (SSSR count). The molecule has 2 nitrogen and oxygen atoms in total. The minimum Gasteiger partial charge on any atom is -0.375 e. The molecule has 0 aromatic heterocycles. The predicted octanol–water partition coefficient (Wildman–Crippen LogP) is 3.38. The number of nitrogens with zero attached hydrogens (tertiary/aromatic N) is 2. The Morgan fingerprint density at radius 2 is 1.31 bits per heavy atom. The van der Waals surface area contributed by atoms with Crippen molar-refractivity contribution in [3.63, 3.8) is 0 Å². The number of rotatable bonds is 6. The van der Waals surface area contributed by atoms with Gasteiger partial charge in [0.15, 0.2) is 0 Å². The summed E-state index contributed by atoms with van der Waals surface area (Å²) in [6.45, 7) is 6.65. The van der Waals surface area contributed by atoms with Crippen molar-refractivity contribution in [3.05, 3.63) is 24.3 Å². The van der Waals surface area contributed by atoms with Gasteiger partial charge >= 0.3 is 0 Å². The van der Waals surface area contributed by atoms with Crippen LogP contribution in [0, 0.1) is 0 Å². The van der Waals surface area contributed by atoms with Crippen molar-refractivity contribution in [1.29, 1.82) is 0 Å². The van der Waals surface area contributed by atoms with E-state index < -0.39 is 0 Å². The minimum atomic E-state index is 1.11. The lowest BCUT2D eigenvalue weighted by Gasteiger charge is -2.23. The van der Waals surface area contributed by atoms with Gasteiger partial charge in [0, 0.05) is 38.6 Å². The Morgan fingerprint density at radius 3 is 1.69 bits per heavy atom. The van der Waals surface area contributed by atoms with Gasteiger partial charge in [0.1, 0.15) is 0 Å². The van der Waals surface area contributed by atoms with Crippen LogP contribution in [0.15, 0.2) is 24.3 Å². The lowest BCUT2D eigenvalue weighted by molar-refractivity contribution is 0.842. The molecule has 0 aliphatic rings. The normalized spacial score (nSPS) is 10.2. The van der Waals surface area contributed by atoms with Crippen LogP contribution >= 0.6 is 0 Å². The van der Waals surface area contributed by atoms with Crippen LogP contribution in [0.5, 0.6) is 0 Å². The molecule has 0 amide bonds. The Hall–Kier alpha value is -1.18. The summed E-state index contributed by atoms with van der Waals surface area (Å²) in [7, 11) is 4.31. The van der Waals surface area contributed by atoms with Gasteiger partial charge in [0.25, 0.3) is 0 Å². The topological polar surface area (TPSA) is 6.48 Å². The molecule has 16 heavy (non-hydrogen) atoms. The van der Waals surface area contributed by atoms with Crippen molar-refractivity contribution >= 4 is 11.4 Å². The summed E-state index contributed by atoms with van der Waals surface area (Å²) >= 11 is 0. The quantitative estimate of drug-likeness (QED) is 0.725. The fourth-order valence-electron chi connectivity index (χ4n) is 1.90. The molecule has 0 spiro atoms. The first-order valence-electron chi connectivity index (χ1n) is 6.21. The predicted molar refractivity (Wildman–Crippen MR) is 73.6 cm³/mol. The zero-order valence-electron chi connectivity index (χ0n) is 11.0. The molecule has 0 aliphatic carbocycles. The zero-order valence-corrected chi connectivity index (χ0v) is 11.0. The third-order valence-corrected chi connectivity index (χ3v) is 2.83. The Kier molecular flexibility index (Phi) is 5.17. The van der Waals surface area contributed by atoms with Crippen LogP contribution in [-0.2, 0) is 0 Å². The van der Waals surface area contributed by atoms with Gasteiger partial charge in [-0.3, -0.25) is 0 Å². The molecule has 0 saturated carbocycles. The monoisotopic (exact) mass is 220 g/mol. The average Bonchev–Trinajstić information content (AvgIpc) is 2.30. The second kappa shape index (κ2) is 6.41. The molecule has 0 aliphatic heterocycles. The third-order valence-electron chi connectivity index (χ3n) is 2.83. The van der Waals surface area contributed by atoms with Crippen LogP contribution in [0.3, 0.4) is 0 Å². The summed E-state index contributed by atoms with van der Waals surface area (Å²) in [4.78, 5) is 4.62. The van der Waals surface area contributed by atoms with Crippen molar-refractivity contribution in [2.24, 2.45) is 0 Å². The van der Waals surface area contributed by atoms with E-state index in [1.807, 2.05) is 0 Å². The highest BCUT2D eigenvalue weighted by Crippen LogP contribution is 2.21. The molecule has 2 heteroatoms. The van der Waals surface area contributed by atoms with Gasteiger partial charge in [-0.15, -0.1) is 0 Å². The Morgan fingerprint density at radius 1 is 0.875 bits per heavy atom. The number of hydrogen-bond donors (Lipinski definition) is 0. The van der Waals surface area contributed by atoms with E-state index in [4.69, 9.17) is 0 Å². The summed E-state index contributed by atoms with van der Waals surface area (Å²) in [5.74, 6) is 0. The number of benzene rings is 1. The van der Waals surface area contributed by atoms with E-state index >= 15 is 0 Å². The summed E-state index contributed by atoms with van der Waals surface area (Å²) in [5, 5.41) is 0. The molecule has 1 aromatic rings. The fourth-order valence-corrected chi connectivity index (χ4v) is 1.90. The van der Waals surface area contributed by atoms with Gasteiger partial charge < -0.3 is 9.80 Å². The first kappa shape index (κ1) is 12.9. The summed E-state index contributed by atoms with van der Waals surface area (Å²) < 4.78 is 0. The maximum absolute atomic E-state index is 2.31. The number of hydrogen-bond acceptors (Lipinski definition) is 2. The second-order valence-corrected chi connectivity index (χ2v) is 4.36. The number of anilines is 2. The molecule has 0 N–H and O–H groups in total. The van der Waals surface area contributed by atoms with Crippen molar-refractivity contribution < 1.29 is 0 Å². The zero-order chi connectivity index (χ0) is 12.0. The van der Waals surface area contributed by atoms with Gasteiger partial charge in [-0.1, -0.05) is 19.9 Å². The van der Waals surface area contributed by atoms with Gasteiger partial charge in [-0.05, 0) is 31.0 Å². The molecule has 0 bridgehead atoms. The largest absolute Gasteiger partial charge is 0.375 e. The van der Waals surface area contributed by atoms with Crippen molar-refractivity contribution in [3.8, 4) is 0 Å². The molecule has 0 radical (unpaired) electrons.